The van der Waals surface area contributed by atoms with Crippen LogP contribution in [0.4, 0.5) is 0 Å². The first-order chi connectivity index (χ1) is 14.2. The smallest absolute Gasteiger partial charge is 0.287 e. The Morgan fingerprint density at radius 1 is 1.03 bits per heavy atom. The summed E-state index contributed by atoms with van der Waals surface area (Å²) in [4.78, 5) is 14.6. The van der Waals surface area contributed by atoms with Crippen LogP contribution in [-0.4, -0.2) is 39.9 Å². The second-order valence-electron chi connectivity index (χ2n) is 7.18. The van der Waals surface area contributed by atoms with Crippen molar-refractivity contribution in [1.29, 1.82) is 0 Å². The molecule has 1 unspecified atom stereocenters. The molecule has 0 aliphatic carbocycles. The Morgan fingerprint density at radius 3 is 2.27 bits per heavy atom. The van der Waals surface area contributed by atoms with Crippen molar-refractivity contribution in [2.45, 2.75) is 23.0 Å². The zero-order chi connectivity index (χ0) is 21.9. The molecule has 0 bridgehead atoms. The Kier molecular flexibility index (Phi) is 6.65. The van der Waals surface area contributed by atoms with Crippen molar-refractivity contribution in [2.24, 2.45) is 0 Å². The van der Waals surface area contributed by atoms with Crippen molar-refractivity contribution in [3.05, 3.63) is 82.6 Å². The maximum atomic E-state index is 12.7. The fourth-order valence-corrected chi connectivity index (χ4v) is 4.28. The third-order valence-corrected chi connectivity index (χ3v) is 6.63. The van der Waals surface area contributed by atoms with Gasteiger partial charge in [-0.1, -0.05) is 41.4 Å². The van der Waals surface area contributed by atoms with E-state index in [1.165, 1.54) is 24.3 Å². The highest BCUT2D eigenvalue weighted by Crippen LogP contribution is 2.24. The normalized spacial score (nSPS) is 12.7. The topological polar surface area (TPSA) is 79.6 Å². The standard InChI is InChI=1S/C22H23ClN2O4S/c1-15-4-10-18(11-5-15)30(27,28)21-13-12-20(29-21)22(26)24-14-19(25(2)3)16-6-8-17(23)9-7-16/h4-13,19H,14H2,1-3H3,(H,24,26). The van der Waals surface area contributed by atoms with Gasteiger partial charge in [0.2, 0.25) is 14.9 Å². The van der Waals surface area contributed by atoms with Crippen molar-refractivity contribution in [3.8, 4) is 0 Å². The molecule has 0 spiro atoms. The number of sulfone groups is 1. The lowest BCUT2D eigenvalue weighted by atomic mass is 10.1. The van der Waals surface area contributed by atoms with Crippen LogP contribution >= 0.6 is 11.6 Å². The van der Waals surface area contributed by atoms with Gasteiger partial charge in [-0.15, -0.1) is 0 Å². The van der Waals surface area contributed by atoms with Crippen LogP contribution in [0.5, 0.6) is 0 Å². The minimum absolute atomic E-state index is 0.0608. The molecule has 1 N–H and O–H groups in total. The van der Waals surface area contributed by atoms with Crippen LogP contribution in [-0.2, 0) is 9.84 Å². The van der Waals surface area contributed by atoms with E-state index in [0.717, 1.165) is 11.1 Å². The van der Waals surface area contributed by atoms with E-state index in [2.05, 4.69) is 5.32 Å². The number of nitrogens with one attached hydrogen (secondary N) is 1. The molecule has 6 nitrogen and oxygen atoms in total. The summed E-state index contributed by atoms with van der Waals surface area (Å²) in [5.41, 5.74) is 1.94. The van der Waals surface area contributed by atoms with Crippen LogP contribution in [0.1, 0.15) is 27.7 Å². The lowest BCUT2D eigenvalue weighted by Gasteiger charge is -2.25. The lowest BCUT2D eigenvalue weighted by molar-refractivity contribution is 0.0909. The number of halogens is 1. The molecule has 0 aliphatic rings. The van der Waals surface area contributed by atoms with E-state index in [1.807, 2.05) is 38.1 Å². The zero-order valence-electron chi connectivity index (χ0n) is 16.9. The highest BCUT2D eigenvalue weighted by Gasteiger charge is 2.24. The Bertz CT molecular complexity index is 1120. The molecule has 3 aromatic rings. The average molecular weight is 447 g/mol. The molecular formula is C22H23ClN2O4S. The monoisotopic (exact) mass is 446 g/mol. The van der Waals surface area contributed by atoms with Crippen molar-refractivity contribution >= 4 is 27.3 Å². The largest absolute Gasteiger partial charge is 0.439 e. The van der Waals surface area contributed by atoms with Crippen LogP contribution in [0, 0.1) is 6.92 Å². The van der Waals surface area contributed by atoms with E-state index >= 15 is 0 Å². The summed E-state index contributed by atoms with van der Waals surface area (Å²) in [7, 11) is -0.0130. The maximum Gasteiger partial charge on any atom is 0.287 e. The van der Waals surface area contributed by atoms with Gasteiger partial charge in [-0.25, -0.2) is 8.42 Å². The third-order valence-electron chi connectivity index (χ3n) is 4.74. The van der Waals surface area contributed by atoms with Gasteiger partial charge in [0.1, 0.15) is 0 Å². The second kappa shape index (κ2) is 9.04. The first kappa shape index (κ1) is 22.1. The summed E-state index contributed by atoms with van der Waals surface area (Å²) in [6.07, 6.45) is 0. The fraction of sp³-hybridized carbons (Fsp3) is 0.227. The van der Waals surface area contributed by atoms with Crippen LogP contribution in [0.2, 0.25) is 5.02 Å². The SMILES string of the molecule is Cc1ccc(S(=O)(=O)c2ccc(C(=O)NCC(c3ccc(Cl)cc3)N(C)C)o2)cc1. The molecule has 3 rings (SSSR count). The molecule has 30 heavy (non-hydrogen) atoms. The number of nitrogens with zero attached hydrogens (tertiary/aromatic N) is 1. The van der Waals surface area contributed by atoms with Crippen molar-refractivity contribution in [3.63, 3.8) is 0 Å². The fourth-order valence-electron chi connectivity index (χ4n) is 2.98. The van der Waals surface area contributed by atoms with Gasteiger partial charge in [0.15, 0.2) is 5.76 Å². The van der Waals surface area contributed by atoms with Gasteiger partial charge in [0, 0.05) is 11.6 Å². The van der Waals surface area contributed by atoms with Crippen LogP contribution in [0.15, 0.2) is 75.1 Å². The minimum atomic E-state index is -3.83. The van der Waals surface area contributed by atoms with Crippen molar-refractivity contribution in [2.75, 3.05) is 20.6 Å². The Balaban J connectivity index is 1.73. The molecule has 2 aromatic carbocycles. The second-order valence-corrected chi connectivity index (χ2v) is 9.49. The molecule has 0 aliphatic heterocycles. The molecule has 0 radical (unpaired) electrons. The number of benzene rings is 2. The summed E-state index contributed by atoms with van der Waals surface area (Å²) in [6, 6.07) is 16.4. The molecule has 8 heteroatoms. The number of aryl methyl sites for hydroxylation is 1. The van der Waals surface area contributed by atoms with Crippen LogP contribution < -0.4 is 5.32 Å². The van der Waals surface area contributed by atoms with Gasteiger partial charge in [-0.3, -0.25) is 4.79 Å². The molecule has 158 valence electrons. The maximum absolute atomic E-state index is 12.7. The van der Waals surface area contributed by atoms with Gasteiger partial charge in [0.05, 0.1) is 10.9 Å². The lowest BCUT2D eigenvalue weighted by Crippen LogP contribution is -2.34. The number of furan rings is 1. The van der Waals surface area contributed by atoms with E-state index in [1.54, 1.807) is 24.3 Å². The number of likely N-dealkylation sites (N-methyl/N-ethyl adjacent to an activating group) is 1. The molecule has 1 amide bonds. The highest BCUT2D eigenvalue weighted by molar-refractivity contribution is 7.91. The quantitative estimate of drug-likeness (QED) is 0.590. The number of rotatable bonds is 7. The minimum Gasteiger partial charge on any atom is -0.439 e. The van der Waals surface area contributed by atoms with Gasteiger partial charge in [0.25, 0.3) is 5.91 Å². The Hall–Kier alpha value is -2.61. The third kappa shape index (κ3) is 4.92. The predicted molar refractivity (Wildman–Crippen MR) is 116 cm³/mol. The number of hydrogen-bond donors (Lipinski definition) is 1. The first-order valence-electron chi connectivity index (χ1n) is 9.30. The van der Waals surface area contributed by atoms with Gasteiger partial charge in [-0.05, 0) is 63.0 Å². The molecule has 0 saturated heterocycles. The molecule has 0 fully saturated rings. The molecule has 1 heterocycles. The molecule has 0 saturated carbocycles. The number of carbonyl (C=O) groups is 1. The van der Waals surface area contributed by atoms with E-state index in [-0.39, 0.29) is 21.8 Å². The Morgan fingerprint density at radius 2 is 1.67 bits per heavy atom. The Labute approximate surface area is 181 Å². The molecule has 1 aromatic heterocycles. The van der Waals surface area contributed by atoms with E-state index in [4.69, 9.17) is 16.0 Å². The summed E-state index contributed by atoms with van der Waals surface area (Å²) in [5, 5.41) is 3.18. The van der Waals surface area contributed by atoms with E-state index in [9.17, 15) is 13.2 Å². The van der Waals surface area contributed by atoms with Crippen LogP contribution in [0.25, 0.3) is 0 Å². The average Bonchev–Trinajstić information content (AvgIpc) is 3.21. The molecule has 1 atom stereocenters. The van der Waals surface area contributed by atoms with E-state index < -0.39 is 15.7 Å². The predicted octanol–water partition coefficient (Wildman–Crippen LogP) is 4.11. The van der Waals surface area contributed by atoms with Gasteiger partial charge >= 0.3 is 0 Å². The van der Waals surface area contributed by atoms with Crippen LogP contribution in [0.3, 0.4) is 0 Å². The van der Waals surface area contributed by atoms with Gasteiger partial charge < -0.3 is 14.6 Å². The van der Waals surface area contributed by atoms with E-state index in [0.29, 0.717) is 11.6 Å². The van der Waals surface area contributed by atoms with Gasteiger partial charge in [-0.2, -0.15) is 0 Å². The summed E-state index contributed by atoms with van der Waals surface area (Å²) < 4.78 is 30.8. The number of amides is 1. The van der Waals surface area contributed by atoms with Crippen molar-refractivity contribution in [1.82, 2.24) is 10.2 Å². The number of carbonyl (C=O) groups excluding carboxylic acids is 1. The summed E-state index contributed by atoms with van der Waals surface area (Å²) in [6.45, 7) is 2.19. The molecular weight excluding hydrogens is 424 g/mol. The number of hydrogen-bond acceptors (Lipinski definition) is 5. The summed E-state index contributed by atoms with van der Waals surface area (Å²) in [5.74, 6) is -0.546. The highest BCUT2D eigenvalue weighted by atomic mass is 35.5. The first-order valence-corrected chi connectivity index (χ1v) is 11.2. The van der Waals surface area contributed by atoms with Crippen molar-refractivity contribution < 1.29 is 17.6 Å². The summed E-state index contributed by atoms with van der Waals surface area (Å²) >= 11 is 5.95. The zero-order valence-corrected chi connectivity index (χ0v) is 18.5.